The van der Waals surface area contributed by atoms with E-state index in [0.717, 1.165) is 72.1 Å². The van der Waals surface area contributed by atoms with Crippen molar-refractivity contribution in [3.63, 3.8) is 0 Å². The zero-order valence-electron chi connectivity index (χ0n) is 32.8. The average Bonchev–Trinajstić information content (AvgIpc) is 3.83. The van der Waals surface area contributed by atoms with Crippen LogP contribution in [0.1, 0.15) is 73.7 Å². The standard InChI is InChI=1S/C45H50N4O6Se/c1-8-21-54-42(50)18-16-33-27(4)36(24-38-29(6)35(45(53)48-38)20-23-56-31-14-12-11-13-15-31)46-40(33)26-41-34(17-19-43(51)55-22-9-2)28(5)37(47-41)25-39-32(10-3)30(7)44(52)49-39/h8-15,24-26,30,46-47H,1-2,16-23H2,3-7H3,(H,49,52)/b32-10-,36-24-,39-25-,40-26-. The van der Waals surface area contributed by atoms with Crippen LogP contribution in [0.25, 0.3) is 18.2 Å². The van der Waals surface area contributed by atoms with Crippen molar-refractivity contribution in [2.45, 2.75) is 72.0 Å². The van der Waals surface area contributed by atoms with Gasteiger partial charge in [0.1, 0.15) is 13.2 Å². The number of aliphatic imine (C=N–C) groups is 1. The second kappa shape index (κ2) is 19.4. The fraction of sp³-hybridized carbons (Fsp3) is 0.311. The Labute approximate surface area is 334 Å². The molecule has 3 aromatic rings. The van der Waals surface area contributed by atoms with Crippen molar-refractivity contribution in [3.05, 3.63) is 128 Å². The molecule has 0 bridgehead atoms. The van der Waals surface area contributed by atoms with Crippen LogP contribution < -0.4 is 20.5 Å². The van der Waals surface area contributed by atoms with E-state index in [1.807, 2.05) is 77.1 Å². The van der Waals surface area contributed by atoms with Crippen molar-refractivity contribution in [1.82, 2.24) is 15.3 Å². The van der Waals surface area contributed by atoms with Crippen LogP contribution in [-0.4, -0.2) is 67.6 Å². The molecular formula is C45H50N4O6Se. The van der Waals surface area contributed by atoms with E-state index in [1.165, 1.54) is 16.6 Å². The van der Waals surface area contributed by atoms with Crippen molar-refractivity contribution >= 4 is 67.1 Å². The molecule has 0 aliphatic carbocycles. The van der Waals surface area contributed by atoms with Crippen LogP contribution >= 0.6 is 0 Å². The number of amides is 2. The van der Waals surface area contributed by atoms with E-state index in [-0.39, 0.29) is 70.7 Å². The van der Waals surface area contributed by atoms with Crippen LogP contribution in [0.5, 0.6) is 0 Å². The molecule has 1 fully saturated rings. The number of aromatic amines is 2. The van der Waals surface area contributed by atoms with Gasteiger partial charge in [-0.05, 0) is 44.4 Å². The number of hydrogen-bond donors (Lipinski definition) is 3. The van der Waals surface area contributed by atoms with E-state index >= 15 is 0 Å². The summed E-state index contributed by atoms with van der Waals surface area (Å²) >= 11 is 0.249. The summed E-state index contributed by atoms with van der Waals surface area (Å²) in [6, 6.07) is 10.3. The molecule has 1 atom stereocenters. The van der Waals surface area contributed by atoms with Gasteiger partial charge >= 0.3 is 188 Å². The molecule has 10 nitrogen and oxygen atoms in total. The molecular weight excluding hydrogens is 771 g/mol. The van der Waals surface area contributed by atoms with Gasteiger partial charge in [0.15, 0.2) is 0 Å². The zero-order valence-corrected chi connectivity index (χ0v) is 34.5. The van der Waals surface area contributed by atoms with Crippen LogP contribution in [-0.2, 0) is 41.5 Å². The van der Waals surface area contributed by atoms with Gasteiger partial charge < -0.3 is 14.8 Å². The Morgan fingerprint density at radius 3 is 2.14 bits per heavy atom. The first-order chi connectivity index (χ1) is 26.9. The van der Waals surface area contributed by atoms with Gasteiger partial charge in [-0.3, -0.25) is 14.4 Å². The maximum atomic E-state index is 13.1. The molecule has 0 spiro atoms. The van der Waals surface area contributed by atoms with Gasteiger partial charge in [-0.2, -0.15) is 0 Å². The summed E-state index contributed by atoms with van der Waals surface area (Å²) in [6.07, 6.45) is 12.6. The Morgan fingerprint density at radius 1 is 0.839 bits per heavy atom. The topological polar surface area (TPSA) is 143 Å². The smallest absolute Gasteiger partial charge is 0.461 e. The van der Waals surface area contributed by atoms with Crippen LogP contribution in [0.3, 0.4) is 0 Å². The van der Waals surface area contributed by atoms with E-state index in [2.05, 4.69) is 45.6 Å². The van der Waals surface area contributed by atoms with Gasteiger partial charge in [0.25, 0.3) is 0 Å². The first kappa shape index (κ1) is 41.6. The third-order valence-corrected chi connectivity index (χ3v) is 12.2. The number of ether oxygens (including phenoxy) is 2. The number of nitrogens with zero attached hydrogens (tertiary/aromatic N) is 1. The summed E-state index contributed by atoms with van der Waals surface area (Å²) in [7, 11) is 0. The van der Waals surface area contributed by atoms with Crippen LogP contribution in [0.15, 0.2) is 89.1 Å². The number of esters is 2. The van der Waals surface area contributed by atoms with Gasteiger partial charge in [-0.15, -0.1) is 0 Å². The molecule has 4 heterocycles. The molecule has 1 unspecified atom stereocenters. The maximum absolute atomic E-state index is 13.1. The number of carbonyl (C=O) groups is 4. The molecule has 5 rings (SSSR count). The Hall–Kier alpha value is -5.51. The number of H-pyrrole nitrogens is 2. The molecule has 56 heavy (non-hydrogen) atoms. The predicted molar refractivity (Wildman–Crippen MR) is 223 cm³/mol. The summed E-state index contributed by atoms with van der Waals surface area (Å²) in [5, 5.41) is 5.43. The normalized spacial score (nSPS) is 17.6. The second-order valence-corrected chi connectivity index (χ2v) is 16.1. The summed E-state index contributed by atoms with van der Waals surface area (Å²) in [4.78, 5) is 62.6. The molecule has 2 aliphatic rings. The third kappa shape index (κ3) is 10.0. The minimum atomic E-state index is -0.343. The van der Waals surface area contributed by atoms with Crippen molar-refractivity contribution < 1.29 is 28.7 Å². The Morgan fingerprint density at radius 2 is 1.50 bits per heavy atom. The number of nitrogens with one attached hydrogen (secondary N) is 3. The molecule has 2 aromatic heterocycles. The molecule has 292 valence electrons. The predicted octanol–water partition coefficient (Wildman–Crippen LogP) is 5.08. The van der Waals surface area contributed by atoms with Crippen molar-refractivity contribution in [2.24, 2.45) is 10.9 Å². The molecule has 0 radical (unpaired) electrons. The minimum Gasteiger partial charge on any atom is -0.461 e. The number of aromatic nitrogens is 2. The Kier molecular flexibility index (Phi) is 14.4. The number of rotatable bonds is 17. The summed E-state index contributed by atoms with van der Waals surface area (Å²) in [5.74, 6) is -1.22. The van der Waals surface area contributed by atoms with E-state index in [9.17, 15) is 19.2 Å². The fourth-order valence-corrected chi connectivity index (χ4v) is 8.75. The summed E-state index contributed by atoms with van der Waals surface area (Å²) in [6.45, 7) is 17.2. The van der Waals surface area contributed by atoms with Crippen LogP contribution in [0.4, 0.5) is 0 Å². The number of hydrogen-bond acceptors (Lipinski definition) is 6. The summed E-state index contributed by atoms with van der Waals surface area (Å²) in [5.41, 5.74) is 9.06. The van der Waals surface area contributed by atoms with Gasteiger partial charge in [-0.1, -0.05) is 31.4 Å². The van der Waals surface area contributed by atoms with E-state index in [4.69, 9.17) is 9.47 Å². The van der Waals surface area contributed by atoms with Crippen LogP contribution in [0, 0.1) is 19.8 Å². The quantitative estimate of drug-likeness (QED) is 0.0986. The van der Waals surface area contributed by atoms with Crippen LogP contribution in [0.2, 0.25) is 5.32 Å². The first-order valence-electron chi connectivity index (χ1n) is 18.8. The van der Waals surface area contributed by atoms with Crippen molar-refractivity contribution in [2.75, 3.05) is 13.2 Å². The Bertz CT molecular complexity index is 2290. The summed E-state index contributed by atoms with van der Waals surface area (Å²) < 4.78 is 11.9. The molecule has 1 saturated heterocycles. The third-order valence-electron chi connectivity index (χ3n) is 10.1. The number of allylic oxidation sites excluding steroid dienone is 3. The molecule has 2 aliphatic heterocycles. The molecule has 2 amide bonds. The van der Waals surface area contributed by atoms with E-state index < -0.39 is 0 Å². The molecule has 3 N–H and O–H groups in total. The average molecular weight is 822 g/mol. The van der Waals surface area contributed by atoms with E-state index in [1.54, 1.807) is 0 Å². The molecule has 0 saturated carbocycles. The minimum absolute atomic E-state index is 0.0637. The van der Waals surface area contributed by atoms with Crippen molar-refractivity contribution in [1.29, 1.82) is 0 Å². The van der Waals surface area contributed by atoms with E-state index in [0.29, 0.717) is 25.0 Å². The number of carbonyl (C=O) groups excluding carboxylic acids is 4. The van der Waals surface area contributed by atoms with Crippen molar-refractivity contribution in [3.8, 4) is 0 Å². The Balaban J connectivity index is 1.57. The monoisotopic (exact) mass is 822 g/mol. The molecule has 11 heteroatoms. The van der Waals surface area contributed by atoms with Gasteiger partial charge in [0.05, 0.1) is 5.92 Å². The zero-order chi connectivity index (χ0) is 40.4. The van der Waals surface area contributed by atoms with Gasteiger partial charge in [0, 0.05) is 17.8 Å². The molecule has 1 aromatic carbocycles. The van der Waals surface area contributed by atoms with Gasteiger partial charge in [-0.25, -0.2) is 0 Å². The first-order valence-corrected chi connectivity index (χ1v) is 20.9. The number of benzene rings is 1. The fourth-order valence-electron chi connectivity index (χ4n) is 6.88. The SMILES string of the molecule is C=CCOC(=O)CCc1c(/C=c2\[nH]/c(=C\C3=NC(=O)C(CC[Se]c4ccccc4)=C3C)c(C)c2CCC(=O)OCC=C)[nH]c(/C=C2\NC(=O)C(C)\C2=C\C)c1C. The van der Waals surface area contributed by atoms with Gasteiger partial charge in [0.2, 0.25) is 5.91 Å². The second-order valence-electron chi connectivity index (χ2n) is 13.7.